The molecule has 0 radical (unpaired) electrons. The number of carbonyl (C=O) groups excluding carboxylic acids is 2. The molecule has 162 valence electrons. The number of benzene rings is 2. The number of nitrogens with zero attached hydrogens (tertiary/aromatic N) is 2. The monoisotopic (exact) mass is 432 g/mol. The molecular weight excluding hydrogens is 411 g/mol. The lowest BCUT2D eigenvalue weighted by molar-refractivity contribution is -0.132. The Bertz CT molecular complexity index is 1210. The molecule has 0 bridgehead atoms. The Kier molecular flexibility index (Phi) is 5.73. The molecule has 1 fully saturated rings. The summed E-state index contributed by atoms with van der Waals surface area (Å²) < 4.78 is 19.2. The van der Waals surface area contributed by atoms with Gasteiger partial charge in [-0.05, 0) is 79.6 Å². The number of aliphatic hydroxyl groups excluding tert-OH is 1. The zero-order chi connectivity index (χ0) is 22.8. The molecule has 1 saturated heterocycles. The van der Waals surface area contributed by atoms with Gasteiger partial charge >= 0.3 is 0 Å². The molecule has 7 heteroatoms. The number of pyridine rings is 1. The molecule has 1 aliphatic rings. The minimum atomic E-state index is -0.874. The van der Waals surface area contributed by atoms with Crippen molar-refractivity contribution in [2.45, 2.75) is 19.9 Å². The van der Waals surface area contributed by atoms with Gasteiger partial charge in [-0.1, -0.05) is 0 Å². The van der Waals surface area contributed by atoms with Crippen molar-refractivity contribution in [3.05, 3.63) is 95.1 Å². The highest BCUT2D eigenvalue weighted by molar-refractivity contribution is 6.51. The number of anilines is 1. The Morgan fingerprint density at radius 1 is 1.09 bits per heavy atom. The molecule has 4 rings (SSSR count). The van der Waals surface area contributed by atoms with E-state index in [4.69, 9.17) is 4.74 Å². The fraction of sp³-hybridized carbons (Fsp3) is 0.160. The van der Waals surface area contributed by atoms with E-state index in [0.29, 0.717) is 29.2 Å². The summed E-state index contributed by atoms with van der Waals surface area (Å²) in [6.45, 7) is 3.93. The molecule has 6 nitrogen and oxygen atoms in total. The Labute approximate surface area is 184 Å². The van der Waals surface area contributed by atoms with Crippen molar-refractivity contribution >= 4 is 23.1 Å². The molecule has 1 aromatic heterocycles. The predicted octanol–water partition coefficient (Wildman–Crippen LogP) is 4.55. The quantitative estimate of drug-likeness (QED) is 0.363. The second-order valence-electron chi connectivity index (χ2n) is 7.34. The van der Waals surface area contributed by atoms with Gasteiger partial charge < -0.3 is 9.84 Å². The zero-order valence-corrected chi connectivity index (χ0v) is 17.6. The summed E-state index contributed by atoms with van der Waals surface area (Å²) in [6.07, 6.45) is 3.10. The number of hydrogen-bond donors (Lipinski definition) is 1. The number of ether oxygens (including phenoxy) is 1. The molecular formula is C25H21FN2O4. The van der Waals surface area contributed by atoms with Gasteiger partial charge in [0.05, 0.1) is 18.2 Å². The second kappa shape index (κ2) is 8.63. The number of carbonyl (C=O) groups is 2. The van der Waals surface area contributed by atoms with Gasteiger partial charge in [0.1, 0.15) is 17.3 Å². The van der Waals surface area contributed by atoms with Gasteiger partial charge in [-0.3, -0.25) is 19.5 Å². The topological polar surface area (TPSA) is 79.7 Å². The van der Waals surface area contributed by atoms with E-state index in [1.165, 1.54) is 23.1 Å². The van der Waals surface area contributed by atoms with E-state index in [1.54, 1.807) is 55.7 Å². The smallest absolute Gasteiger partial charge is 0.300 e. The standard InChI is InChI=1S/C25H21FN2O4/c1-3-32-19-7-5-18(6-8-19)28-22(16-10-12-27-13-11-16)21(24(30)25(28)31)23(29)17-4-9-20(26)15(2)14-17/h4-14,22,29H,3H2,1-2H3/b23-21-. The molecule has 0 aliphatic carbocycles. The van der Waals surface area contributed by atoms with Crippen LogP contribution in [0.15, 0.2) is 72.6 Å². The minimum absolute atomic E-state index is 0.0684. The van der Waals surface area contributed by atoms with E-state index in [0.717, 1.165) is 0 Å². The van der Waals surface area contributed by atoms with Crippen molar-refractivity contribution in [1.29, 1.82) is 0 Å². The maximum absolute atomic E-state index is 13.7. The lowest BCUT2D eigenvalue weighted by Gasteiger charge is -2.25. The van der Waals surface area contributed by atoms with E-state index >= 15 is 0 Å². The Hall–Kier alpha value is -4.00. The summed E-state index contributed by atoms with van der Waals surface area (Å²) in [4.78, 5) is 31.5. The van der Waals surface area contributed by atoms with Gasteiger partial charge in [0.15, 0.2) is 0 Å². The fourth-order valence-corrected chi connectivity index (χ4v) is 3.78. The van der Waals surface area contributed by atoms with Crippen LogP contribution in [0.3, 0.4) is 0 Å². The normalized spacial score (nSPS) is 17.6. The van der Waals surface area contributed by atoms with Crippen molar-refractivity contribution in [3.8, 4) is 5.75 Å². The molecule has 1 atom stereocenters. The largest absolute Gasteiger partial charge is 0.507 e. The third-order valence-electron chi connectivity index (χ3n) is 5.32. The molecule has 0 spiro atoms. The number of amides is 1. The molecule has 2 aromatic carbocycles. The molecule has 0 saturated carbocycles. The third kappa shape index (κ3) is 3.73. The Balaban J connectivity index is 1.88. The van der Waals surface area contributed by atoms with E-state index in [9.17, 15) is 19.1 Å². The van der Waals surface area contributed by atoms with Crippen LogP contribution < -0.4 is 9.64 Å². The van der Waals surface area contributed by atoms with Crippen molar-refractivity contribution in [2.24, 2.45) is 0 Å². The summed E-state index contributed by atoms with van der Waals surface area (Å²) >= 11 is 0. The summed E-state index contributed by atoms with van der Waals surface area (Å²) in [5, 5.41) is 11.1. The number of hydrogen-bond acceptors (Lipinski definition) is 5. The SMILES string of the molecule is CCOc1ccc(N2C(=O)C(=O)/C(=C(\O)c3ccc(F)c(C)c3)C2c2ccncc2)cc1. The molecule has 2 heterocycles. The number of rotatable bonds is 5. The van der Waals surface area contributed by atoms with Crippen molar-refractivity contribution in [1.82, 2.24) is 4.98 Å². The average Bonchev–Trinajstić information content (AvgIpc) is 3.07. The second-order valence-corrected chi connectivity index (χ2v) is 7.34. The van der Waals surface area contributed by atoms with Crippen LogP contribution in [-0.2, 0) is 9.59 Å². The number of ketones is 1. The number of halogens is 1. The first kappa shape index (κ1) is 21.2. The minimum Gasteiger partial charge on any atom is -0.507 e. The molecule has 1 unspecified atom stereocenters. The van der Waals surface area contributed by atoms with Crippen molar-refractivity contribution < 1.29 is 23.8 Å². The molecule has 3 aromatic rings. The number of aromatic nitrogens is 1. The summed E-state index contributed by atoms with van der Waals surface area (Å²) in [7, 11) is 0. The molecule has 32 heavy (non-hydrogen) atoms. The zero-order valence-electron chi connectivity index (χ0n) is 17.6. The van der Waals surface area contributed by atoms with E-state index in [-0.39, 0.29) is 16.9 Å². The van der Waals surface area contributed by atoms with Crippen LogP contribution in [0.25, 0.3) is 5.76 Å². The lowest BCUT2D eigenvalue weighted by Crippen LogP contribution is -2.29. The number of aryl methyl sites for hydroxylation is 1. The molecule has 1 aliphatic heterocycles. The van der Waals surface area contributed by atoms with Gasteiger partial charge in [-0.15, -0.1) is 0 Å². The van der Waals surface area contributed by atoms with E-state index < -0.39 is 23.5 Å². The predicted molar refractivity (Wildman–Crippen MR) is 118 cm³/mol. The van der Waals surface area contributed by atoms with Crippen LogP contribution >= 0.6 is 0 Å². The maximum Gasteiger partial charge on any atom is 0.300 e. The highest BCUT2D eigenvalue weighted by Gasteiger charge is 2.47. The lowest BCUT2D eigenvalue weighted by atomic mass is 9.95. The van der Waals surface area contributed by atoms with Crippen molar-refractivity contribution in [2.75, 3.05) is 11.5 Å². The molecule has 1 N–H and O–H groups in total. The van der Waals surface area contributed by atoms with Crippen LogP contribution in [0.2, 0.25) is 0 Å². The number of Topliss-reactive ketones (excluding diaryl/α,β-unsaturated/α-hetero) is 1. The molecule has 1 amide bonds. The maximum atomic E-state index is 13.7. The van der Waals surface area contributed by atoms with E-state index in [2.05, 4.69) is 4.98 Å². The third-order valence-corrected chi connectivity index (χ3v) is 5.32. The summed E-state index contributed by atoms with van der Waals surface area (Å²) in [5.74, 6) is -1.74. The van der Waals surface area contributed by atoms with Gasteiger partial charge in [-0.25, -0.2) is 4.39 Å². The summed E-state index contributed by atoms with van der Waals surface area (Å²) in [5.41, 5.74) is 1.59. The highest BCUT2D eigenvalue weighted by atomic mass is 19.1. The first-order valence-electron chi connectivity index (χ1n) is 10.1. The van der Waals surface area contributed by atoms with Crippen LogP contribution in [-0.4, -0.2) is 28.4 Å². The fourth-order valence-electron chi connectivity index (χ4n) is 3.78. The van der Waals surface area contributed by atoms with Gasteiger partial charge in [0.25, 0.3) is 11.7 Å². The van der Waals surface area contributed by atoms with Gasteiger partial charge in [0, 0.05) is 23.6 Å². The van der Waals surface area contributed by atoms with Crippen LogP contribution in [0.1, 0.15) is 29.7 Å². The average molecular weight is 432 g/mol. The van der Waals surface area contributed by atoms with Gasteiger partial charge in [0.2, 0.25) is 0 Å². The summed E-state index contributed by atoms with van der Waals surface area (Å²) in [6, 6.07) is 13.3. The van der Waals surface area contributed by atoms with E-state index in [1.807, 2.05) is 6.92 Å². The van der Waals surface area contributed by atoms with Gasteiger partial charge in [-0.2, -0.15) is 0 Å². The first-order chi connectivity index (χ1) is 15.4. The first-order valence-corrected chi connectivity index (χ1v) is 10.1. The van der Waals surface area contributed by atoms with Crippen molar-refractivity contribution in [3.63, 3.8) is 0 Å². The van der Waals surface area contributed by atoms with Crippen LogP contribution in [0.4, 0.5) is 10.1 Å². The van der Waals surface area contributed by atoms with Crippen LogP contribution in [0.5, 0.6) is 5.75 Å². The highest BCUT2D eigenvalue weighted by Crippen LogP contribution is 2.42. The number of aliphatic hydroxyl groups is 1. The Morgan fingerprint density at radius 3 is 2.41 bits per heavy atom. The van der Waals surface area contributed by atoms with Crippen LogP contribution in [0, 0.1) is 12.7 Å². The Morgan fingerprint density at radius 2 is 1.78 bits per heavy atom.